The molecule has 4 aromatic rings. The number of fused-ring (bicyclic) bond motifs is 1. The van der Waals surface area contributed by atoms with E-state index in [0.717, 1.165) is 75.0 Å². The zero-order chi connectivity index (χ0) is 37.8. The van der Waals surface area contributed by atoms with E-state index in [1.54, 1.807) is 25.2 Å². The van der Waals surface area contributed by atoms with Gasteiger partial charge in [-0.25, -0.2) is 9.97 Å². The van der Waals surface area contributed by atoms with E-state index in [-0.39, 0.29) is 32.5 Å². The average molecular weight is 738 g/mol. The molecule has 4 aliphatic rings. The Hall–Kier alpha value is -4.84. The van der Waals surface area contributed by atoms with Gasteiger partial charge in [-0.2, -0.15) is 4.98 Å². The summed E-state index contributed by atoms with van der Waals surface area (Å²) in [6.45, 7) is 9.49. The fraction of sp³-hybridized carbons (Fsp3) is 0.524. The number of unbranched alkanes of at least 4 members (excludes halogenated alkanes) is 1. The summed E-state index contributed by atoms with van der Waals surface area (Å²) in [4.78, 5) is 57.5. The van der Waals surface area contributed by atoms with Gasteiger partial charge in [-0.1, -0.05) is 57.7 Å². The number of hydrogen-bond donors (Lipinski definition) is 2. The van der Waals surface area contributed by atoms with Gasteiger partial charge in [-0.15, -0.1) is 0 Å². The van der Waals surface area contributed by atoms with E-state index in [2.05, 4.69) is 67.0 Å². The van der Waals surface area contributed by atoms with E-state index in [0.29, 0.717) is 35.7 Å². The first-order valence-corrected chi connectivity index (χ1v) is 19.9. The third-order valence-corrected chi connectivity index (χ3v) is 11.7. The highest BCUT2D eigenvalue weighted by atomic mass is 16.2. The number of pyridine rings is 1. The van der Waals surface area contributed by atoms with Crippen molar-refractivity contribution >= 4 is 46.2 Å². The standard InChI is InChI=1S/C38H45N9O3.C4H10.2H2/c1-44(2)36(50)31-19-27-21-40-37(43-34(27)47(31)29-5-3-4-6-29)41-32-13-7-25(20-39-32)22-45-23-38(24-45)15-17-46(18-16-38)28-10-8-26(9-11-28)30-12-14-33(48)42-35(30)49;1-3-4-2;;/h7-11,13,19-21,29-30H,3-6,12,14-18,22-24H2,1-2H3,(H,42,48,49)(H,39,40,41,43);3-4H2,1-2H3;2*1H/t30-;;;/m0.../s1. The Kier molecular flexibility index (Phi) is 11.3. The number of rotatable bonds is 9. The number of aromatic nitrogens is 4. The molecule has 1 saturated carbocycles. The second-order valence-corrected chi connectivity index (χ2v) is 15.9. The summed E-state index contributed by atoms with van der Waals surface area (Å²) in [7, 11) is 3.57. The van der Waals surface area contributed by atoms with Crippen molar-refractivity contribution in [3.63, 3.8) is 0 Å². The SMILES string of the molecule is CCCC.CN(C)C(=O)c1cc2cnc(Nc3ccc(CN4CC5(CCN(c6ccc([C@@H]7CCC(=O)NC7=O)cc6)CC5)C4)cn3)nc2n1C1CCCC1.[HH].[HH]. The average Bonchev–Trinajstić information content (AvgIpc) is 3.83. The number of nitrogens with one attached hydrogen (secondary N) is 2. The molecule has 12 heteroatoms. The zero-order valence-electron chi connectivity index (χ0n) is 32.3. The molecule has 290 valence electrons. The van der Waals surface area contributed by atoms with Crippen molar-refractivity contribution in [2.45, 2.75) is 96.6 Å². The molecule has 1 aromatic carbocycles. The highest BCUT2D eigenvalue weighted by molar-refractivity contribution is 6.01. The zero-order valence-corrected chi connectivity index (χ0v) is 32.3. The summed E-state index contributed by atoms with van der Waals surface area (Å²) in [6, 6.07) is 14.6. The van der Waals surface area contributed by atoms with Crippen LogP contribution in [0.15, 0.2) is 54.9 Å². The molecule has 54 heavy (non-hydrogen) atoms. The lowest BCUT2D eigenvalue weighted by atomic mass is 9.72. The number of carbonyl (C=O) groups excluding carboxylic acids is 3. The molecule has 6 heterocycles. The van der Waals surface area contributed by atoms with Crippen LogP contribution < -0.4 is 15.5 Å². The number of benzene rings is 1. The van der Waals surface area contributed by atoms with E-state index >= 15 is 0 Å². The lowest BCUT2D eigenvalue weighted by Crippen LogP contribution is -2.59. The number of piperidine rings is 2. The maximum Gasteiger partial charge on any atom is 0.270 e. The lowest BCUT2D eigenvalue weighted by Gasteiger charge is -2.54. The number of hydrogen-bond acceptors (Lipinski definition) is 9. The van der Waals surface area contributed by atoms with Gasteiger partial charge in [0, 0.05) is 85.6 Å². The normalized spacial score (nSPS) is 20.0. The summed E-state index contributed by atoms with van der Waals surface area (Å²) in [6.07, 6.45) is 14.1. The molecule has 1 spiro atoms. The van der Waals surface area contributed by atoms with Gasteiger partial charge in [0.25, 0.3) is 5.91 Å². The van der Waals surface area contributed by atoms with Crippen LogP contribution in [0.4, 0.5) is 17.5 Å². The molecular weight excluding hydrogens is 679 g/mol. The van der Waals surface area contributed by atoms with Gasteiger partial charge in [-0.3, -0.25) is 24.6 Å². The van der Waals surface area contributed by atoms with Crippen molar-refractivity contribution < 1.29 is 17.2 Å². The summed E-state index contributed by atoms with van der Waals surface area (Å²) < 4.78 is 2.13. The second kappa shape index (κ2) is 16.3. The third-order valence-electron chi connectivity index (χ3n) is 11.7. The van der Waals surface area contributed by atoms with Gasteiger partial charge in [0.1, 0.15) is 17.2 Å². The monoisotopic (exact) mass is 737 g/mol. The van der Waals surface area contributed by atoms with Gasteiger partial charge >= 0.3 is 0 Å². The Morgan fingerprint density at radius 2 is 1.69 bits per heavy atom. The Morgan fingerprint density at radius 3 is 2.31 bits per heavy atom. The first-order chi connectivity index (χ1) is 26.1. The van der Waals surface area contributed by atoms with E-state index in [9.17, 15) is 14.4 Å². The van der Waals surface area contributed by atoms with E-state index < -0.39 is 0 Å². The van der Waals surface area contributed by atoms with Crippen LogP contribution in [0.2, 0.25) is 0 Å². The number of anilines is 3. The van der Waals surface area contributed by atoms with Crippen LogP contribution in [0.5, 0.6) is 0 Å². The first-order valence-electron chi connectivity index (χ1n) is 19.9. The maximum atomic E-state index is 13.0. The molecule has 1 atom stereocenters. The Morgan fingerprint density at radius 1 is 0.963 bits per heavy atom. The van der Waals surface area contributed by atoms with Gasteiger partial charge in [0.15, 0.2) is 0 Å². The molecule has 3 aromatic heterocycles. The van der Waals surface area contributed by atoms with E-state index in [1.165, 1.54) is 36.9 Å². The number of nitrogens with zero attached hydrogens (tertiary/aromatic N) is 7. The van der Waals surface area contributed by atoms with Gasteiger partial charge in [0.05, 0.1) is 5.92 Å². The molecular formula is C42H59N9O3. The second-order valence-electron chi connectivity index (χ2n) is 15.9. The van der Waals surface area contributed by atoms with Crippen molar-refractivity contribution in [3.05, 3.63) is 71.7 Å². The van der Waals surface area contributed by atoms with E-state index in [1.807, 2.05) is 30.5 Å². The molecule has 0 radical (unpaired) electrons. The number of amides is 3. The van der Waals surface area contributed by atoms with Crippen LogP contribution in [0.3, 0.4) is 0 Å². The van der Waals surface area contributed by atoms with Crippen molar-refractivity contribution in [1.29, 1.82) is 0 Å². The van der Waals surface area contributed by atoms with Crippen LogP contribution in [-0.2, 0) is 16.1 Å². The van der Waals surface area contributed by atoms with Crippen molar-refractivity contribution in [2.24, 2.45) is 5.41 Å². The molecule has 2 N–H and O–H groups in total. The molecule has 4 fully saturated rings. The fourth-order valence-corrected chi connectivity index (χ4v) is 8.46. The Bertz CT molecular complexity index is 1940. The van der Waals surface area contributed by atoms with Crippen LogP contribution in [0.25, 0.3) is 11.0 Å². The molecule has 3 amide bonds. The van der Waals surface area contributed by atoms with Crippen LogP contribution in [0, 0.1) is 5.41 Å². The summed E-state index contributed by atoms with van der Waals surface area (Å²) in [5.74, 6) is 0.540. The minimum absolute atomic E-state index is 0. The number of likely N-dealkylation sites (tertiary alicyclic amines) is 1. The lowest BCUT2D eigenvalue weighted by molar-refractivity contribution is -0.134. The summed E-state index contributed by atoms with van der Waals surface area (Å²) in [5.41, 5.74) is 5.19. The quantitative estimate of drug-likeness (QED) is 0.170. The number of carbonyl (C=O) groups is 3. The summed E-state index contributed by atoms with van der Waals surface area (Å²) >= 11 is 0. The maximum absolute atomic E-state index is 13.0. The molecule has 3 saturated heterocycles. The molecule has 3 aliphatic heterocycles. The predicted molar refractivity (Wildman–Crippen MR) is 216 cm³/mol. The topological polar surface area (TPSA) is 129 Å². The van der Waals surface area contributed by atoms with E-state index in [4.69, 9.17) is 4.98 Å². The van der Waals surface area contributed by atoms with Gasteiger partial charge in [-0.05, 0) is 72.9 Å². The minimum Gasteiger partial charge on any atom is -0.371 e. The first kappa shape index (κ1) is 37.5. The molecule has 12 nitrogen and oxygen atoms in total. The minimum atomic E-state index is -0.241. The highest BCUT2D eigenvalue weighted by Gasteiger charge is 2.44. The van der Waals surface area contributed by atoms with Crippen LogP contribution >= 0.6 is 0 Å². The molecule has 8 rings (SSSR count). The predicted octanol–water partition coefficient (Wildman–Crippen LogP) is 7.31. The Labute approximate surface area is 321 Å². The van der Waals surface area contributed by atoms with Crippen LogP contribution in [0.1, 0.15) is 114 Å². The highest BCUT2D eigenvalue weighted by Crippen LogP contribution is 2.42. The molecule has 1 aliphatic carbocycles. The molecule has 0 unspecified atom stereocenters. The fourth-order valence-electron chi connectivity index (χ4n) is 8.46. The number of imide groups is 1. The van der Waals surface area contributed by atoms with Crippen LogP contribution in [-0.4, -0.2) is 87.3 Å². The van der Waals surface area contributed by atoms with Crippen molar-refractivity contribution in [1.82, 2.24) is 34.6 Å². The Balaban J connectivity index is 0.000000956. The molecule has 0 bridgehead atoms. The third kappa shape index (κ3) is 8.13. The van der Waals surface area contributed by atoms with Gasteiger partial charge in [0.2, 0.25) is 17.8 Å². The van der Waals surface area contributed by atoms with Crippen molar-refractivity contribution in [3.8, 4) is 0 Å². The van der Waals surface area contributed by atoms with Crippen molar-refractivity contribution in [2.75, 3.05) is 50.5 Å². The van der Waals surface area contributed by atoms with Gasteiger partial charge < -0.3 is 19.7 Å². The smallest absolute Gasteiger partial charge is 0.270 e. The summed E-state index contributed by atoms with van der Waals surface area (Å²) in [5, 5.41) is 6.61. The largest absolute Gasteiger partial charge is 0.371 e.